The van der Waals surface area contributed by atoms with Crippen LogP contribution in [0.1, 0.15) is 68.4 Å². The fourth-order valence-electron chi connectivity index (χ4n) is 5.58. The molecule has 1 saturated carbocycles. The normalized spacial score (nSPS) is 19.1. The van der Waals surface area contributed by atoms with Gasteiger partial charge in [0.25, 0.3) is 11.8 Å². The Labute approximate surface area is 248 Å². The van der Waals surface area contributed by atoms with Crippen molar-refractivity contribution in [2.24, 2.45) is 5.41 Å². The van der Waals surface area contributed by atoms with Gasteiger partial charge >= 0.3 is 0 Å². The van der Waals surface area contributed by atoms with E-state index in [0.717, 1.165) is 31.6 Å². The standard InChI is InChI=1S/C28H41F2N7O4S/c1-4-40-41-42-35-22-17-23(36-11-7-27(5-6-27)8-12-36)20(16-21(22)32-19(3)38)25(39)33-24-15-18(2)31-26(34-24)37-13-9-28(29,30)10-14-37/h15-17,35H,4-14H2,1-3H3,42H4,(H,32,38)(H,31,33,34,39). The molecular formula is C28H41F2N7O4S. The van der Waals surface area contributed by atoms with E-state index in [-0.39, 0.29) is 37.7 Å². The Bertz CT molecular complexity index is 1310. The highest BCUT2D eigenvalue weighted by Gasteiger charge is 2.44. The minimum atomic E-state index is -2.69. The minimum absolute atomic E-state index is 0.134. The number of nitrogens with zero attached hydrogens (tertiary/aromatic N) is 4. The first-order valence-corrected chi connectivity index (χ1v) is 15.8. The Kier molecular flexibility index (Phi) is 9.04. The second-order valence-electron chi connectivity index (χ2n) is 11.4. The van der Waals surface area contributed by atoms with Crippen molar-refractivity contribution in [3.63, 3.8) is 0 Å². The number of benzene rings is 1. The summed E-state index contributed by atoms with van der Waals surface area (Å²) in [6.07, 6.45) is 4.11. The van der Waals surface area contributed by atoms with E-state index in [1.54, 1.807) is 24.0 Å². The van der Waals surface area contributed by atoms with Crippen molar-refractivity contribution < 1.29 is 27.6 Å². The molecule has 5 rings (SSSR count). The molecule has 42 heavy (non-hydrogen) atoms. The molecule has 232 valence electrons. The van der Waals surface area contributed by atoms with Crippen LogP contribution in [0.3, 0.4) is 0 Å². The van der Waals surface area contributed by atoms with Crippen molar-refractivity contribution in [2.75, 3.05) is 57.9 Å². The summed E-state index contributed by atoms with van der Waals surface area (Å²) in [5.74, 6) is -2.77. The highest BCUT2D eigenvalue weighted by atomic mass is 32.2. The van der Waals surface area contributed by atoms with E-state index in [9.17, 15) is 18.4 Å². The van der Waals surface area contributed by atoms with Gasteiger partial charge in [0.15, 0.2) is 0 Å². The topological polar surface area (TPSA) is 121 Å². The van der Waals surface area contributed by atoms with E-state index in [1.807, 2.05) is 13.0 Å². The second kappa shape index (κ2) is 12.6. The van der Waals surface area contributed by atoms with Crippen LogP contribution in [0, 0.1) is 12.3 Å². The SMILES string of the molecule is CCOO[SH4]Nc1cc(N2CCC3(CC2)CC3)c(C(=O)Nc2cc(C)nc(N3CCC(F)(F)CC3)n2)cc1NC(C)=O. The number of anilines is 5. The molecule has 0 bridgehead atoms. The largest absolute Gasteiger partial charge is 0.371 e. The van der Waals surface area contributed by atoms with Crippen LogP contribution in [0.15, 0.2) is 18.2 Å². The van der Waals surface area contributed by atoms with Crippen LogP contribution in [0.4, 0.5) is 37.6 Å². The second-order valence-corrected chi connectivity index (χ2v) is 12.3. The maximum Gasteiger partial charge on any atom is 0.259 e. The first-order valence-electron chi connectivity index (χ1n) is 14.6. The zero-order chi connectivity index (χ0) is 29.9. The molecule has 2 saturated heterocycles. The summed E-state index contributed by atoms with van der Waals surface area (Å²) in [7, 11) is 0. The van der Waals surface area contributed by atoms with Gasteiger partial charge in [-0.3, -0.25) is 9.59 Å². The van der Waals surface area contributed by atoms with Crippen LogP contribution in [-0.4, -0.2) is 60.5 Å². The van der Waals surface area contributed by atoms with E-state index in [4.69, 9.17) is 9.22 Å². The van der Waals surface area contributed by atoms with Crippen LogP contribution in [0.5, 0.6) is 0 Å². The van der Waals surface area contributed by atoms with Gasteiger partial charge in [-0.15, -0.1) is 0 Å². The van der Waals surface area contributed by atoms with Gasteiger partial charge in [0.2, 0.25) is 11.9 Å². The number of aryl methyl sites for hydroxylation is 1. The fourth-order valence-corrected chi connectivity index (χ4v) is 6.33. The monoisotopic (exact) mass is 609 g/mol. The highest BCUT2D eigenvalue weighted by molar-refractivity contribution is 7.95. The molecule has 0 radical (unpaired) electrons. The molecule has 3 aliphatic rings. The molecule has 1 aromatic carbocycles. The fraction of sp³-hybridized carbons (Fsp3) is 0.571. The molecule has 3 fully saturated rings. The number of rotatable bonds is 10. The van der Waals surface area contributed by atoms with Crippen molar-refractivity contribution in [1.82, 2.24) is 9.97 Å². The van der Waals surface area contributed by atoms with Gasteiger partial charge in [0.05, 0.1) is 29.2 Å². The lowest BCUT2D eigenvalue weighted by molar-refractivity contribution is -0.185. The summed E-state index contributed by atoms with van der Waals surface area (Å²) in [6.45, 7) is 7.35. The van der Waals surface area contributed by atoms with Crippen LogP contribution >= 0.6 is 12.2 Å². The van der Waals surface area contributed by atoms with Crippen LogP contribution < -0.4 is 25.2 Å². The predicted octanol–water partition coefficient (Wildman–Crippen LogP) is 4.48. The number of aromatic nitrogens is 2. The van der Waals surface area contributed by atoms with Crippen molar-refractivity contribution in [3.05, 3.63) is 29.5 Å². The molecule has 0 unspecified atom stereocenters. The van der Waals surface area contributed by atoms with E-state index < -0.39 is 24.1 Å². The first-order chi connectivity index (χ1) is 20.1. The highest BCUT2D eigenvalue weighted by Crippen LogP contribution is 2.54. The maximum absolute atomic E-state index is 13.9. The number of nitrogens with one attached hydrogen (secondary N) is 3. The number of alkyl halides is 2. The minimum Gasteiger partial charge on any atom is -0.371 e. The summed E-state index contributed by atoms with van der Waals surface area (Å²) in [6, 6.07) is 5.21. The van der Waals surface area contributed by atoms with E-state index in [0.29, 0.717) is 40.6 Å². The van der Waals surface area contributed by atoms with Crippen molar-refractivity contribution in [3.8, 4) is 0 Å². The Hall–Kier alpha value is -3.23. The molecule has 2 aromatic rings. The lowest BCUT2D eigenvalue weighted by atomic mass is 9.93. The summed E-state index contributed by atoms with van der Waals surface area (Å²) >= 11 is -1.32. The zero-order valence-electron chi connectivity index (χ0n) is 24.4. The van der Waals surface area contributed by atoms with E-state index >= 15 is 0 Å². The summed E-state index contributed by atoms with van der Waals surface area (Å²) < 4.78 is 36.0. The quantitative estimate of drug-likeness (QED) is 0.203. The van der Waals surface area contributed by atoms with Crippen LogP contribution in [-0.2, 0) is 14.0 Å². The predicted molar refractivity (Wildman–Crippen MR) is 164 cm³/mol. The Morgan fingerprint density at radius 1 is 0.952 bits per heavy atom. The Balaban J connectivity index is 1.43. The van der Waals surface area contributed by atoms with E-state index in [1.165, 1.54) is 19.8 Å². The van der Waals surface area contributed by atoms with Gasteiger partial charge in [-0.1, -0.05) is 0 Å². The average molecular weight is 610 g/mol. The molecule has 0 atom stereocenters. The van der Waals surface area contributed by atoms with E-state index in [2.05, 4.69) is 30.2 Å². The van der Waals surface area contributed by atoms with Gasteiger partial charge in [-0.05, 0) is 57.1 Å². The molecule has 2 amide bonds. The van der Waals surface area contributed by atoms with Crippen molar-refractivity contribution in [2.45, 2.75) is 65.2 Å². The molecule has 3 heterocycles. The maximum atomic E-state index is 13.9. The van der Waals surface area contributed by atoms with Gasteiger partial charge in [0, 0.05) is 57.7 Å². The number of hydrogen-bond acceptors (Lipinski definition) is 9. The molecule has 1 aromatic heterocycles. The Morgan fingerprint density at radius 3 is 2.29 bits per heavy atom. The number of hydrogen-bond donors (Lipinski definition) is 3. The van der Waals surface area contributed by atoms with Gasteiger partial charge in [-0.2, -0.15) is 21.5 Å². The molecule has 3 N–H and O–H groups in total. The van der Waals surface area contributed by atoms with Gasteiger partial charge in [0.1, 0.15) is 5.82 Å². The number of amides is 2. The smallest absolute Gasteiger partial charge is 0.259 e. The number of carbonyl (C=O) groups is 2. The third kappa shape index (κ3) is 7.39. The Morgan fingerprint density at radius 2 is 1.64 bits per heavy atom. The molecular weight excluding hydrogens is 568 g/mol. The van der Waals surface area contributed by atoms with Gasteiger partial charge in [-0.25, -0.2) is 18.7 Å². The lowest BCUT2D eigenvalue weighted by Gasteiger charge is -2.35. The lowest BCUT2D eigenvalue weighted by Crippen LogP contribution is -2.40. The van der Waals surface area contributed by atoms with Crippen LogP contribution in [0.2, 0.25) is 0 Å². The third-order valence-electron chi connectivity index (χ3n) is 8.20. The number of halogens is 2. The summed E-state index contributed by atoms with van der Waals surface area (Å²) in [5.41, 5.74) is 3.29. The van der Waals surface area contributed by atoms with Crippen molar-refractivity contribution >= 4 is 52.9 Å². The average Bonchev–Trinajstić information content (AvgIpc) is 3.70. The first kappa shape index (κ1) is 30.2. The summed E-state index contributed by atoms with van der Waals surface area (Å²) in [4.78, 5) is 43.9. The van der Waals surface area contributed by atoms with Crippen LogP contribution in [0.25, 0.3) is 0 Å². The zero-order valence-corrected chi connectivity index (χ0v) is 25.8. The summed E-state index contributed by atoms with van der Waals surface area (Å²) in [5, 5.41) is 5.73. The molecule has 1 aliphatic carbocycles. The number of piperidine rings is 2. The molecule has 2 aliphatic heterocycles. The molecule has 11 nitrogen and oxygen atoms in total. The van der Waals surface area contributed by atoms with Gasteiger partial charge < -0.3 is 25.2 Å². The van der Waals surface area contributed by atoms with Crippen molar-refractivity contribution in [1.29, 1.82) is 0 Å². The number of carbonyl (C=O) groups excluding carboxylic acids is 2. The molecule has 1 spiro atoms. The molecule has 14 heteroatoms. The third-order valence-corrected chi connectivity index (χ3v) is 9.01.